The summed E-state index contributed by atoms with van der Waals surface area (Å²) < 4.78 is 33.2. The van der Waals surface area contributed by atoms with Gasteiger partial charge in [-0.15, -0.1) is 4.40 Å². The van der Waals surface area contributed by atoms with E-state index in [-0.39, 0.29) is 35.1 Å². The van der Waals surface area contributed by atoms with Crippen molar-refractivity contribution in [2.45, 2.75) is 0 Å². The number of carbonyl (C=O) groups is 2. The summed E-state index contributed by atoms with van der Waals surface area (Å²) in [6, 6.07) is 10.9. The number of esters is 1. The summed E-state index contributed by atoms with van der Waals surface area (Å²) >= 11 is 0. The topological polar surface area (TPSA) is 147 Å². The number of nitrogens with one attached hydrogen (secondary N) is 1. The molecule has 0 fully saturated rings. The van der Waals surface area contributed by atoms with Crippen molar-refractivity contribution in [1.29, 1.82) is 5.26 Å². The maximum atomic E-state index is 12.4. The van der Waals surface area contributed by atoms with Crippen LogP contribution in [-0.2, 0) is 24.3 Å². The smallest absolute Gasteiger partial charge is 0.340 e. The molecule has 0 unspecified atom stereocenters. The van der Waals surface area contributed by atoms with Crippen LogP contribution in [0.5, 0.6) is 0 Å². The van der Waals surface area contributed by atoms with Crippen molar-refractivity contribution < 1.29 is 22.7 Å². The molecule has 0 aliphatic carbocycles. The number of sulfonamides is 1. The highest BCUT2D eigenvalue weighted by atomic mass is 32.2. The molecule has 0 bridgehead atoms. The molecular formula is C20H16N6O5S. The van der Waals surface area contributed by atoms with Crippen molar-refractivity contribution in [3.63, 3.8) is 0 Å². The quantitative estimate of drug-likeness (QED) is 0.653. The number of amides is 1. The van der Waals surface area contributed by atoms with Gasteiger partial charge in [-0.25, -0.2) is 17.9 Å². The molecule has 162 valence electrons. The number of nitriles is 1. The van der Waals surface area contributed by atoms with E-state index in [9.17, 15) is 23.3 Å². The zero-order valence-electron chi connectivity index (χ0n) is 16.5. The van der Waals surface area contributed by atoms with E-state index < -0.39 is 28.5 Å². The summed E-state index contributed by atoms with van der Waals surface area (Å²) in [5.74, 6) is -1.21. The molecule has 0 saturated carbocycles. The Labute approximate surface area is 183 Å². The van der Waals surface area contributed by atoms with Crippen LogP contribution in [0.2, 0.25) is 0 Å². The Bertz CT molecular complexity index is 1320. The van der Waals surface area contributed by atoms with Gasteiger partial charge in [-0.05, 0) is 24.3 Å². The highest BCUT2D eigenvalue weighted by Crippen LogP contribution is 2.20. The molecular weight excluding hydrogens is 436 g/mol. The molecule has 4 rings (SSSR count). The number of carbonyl (C=O) groups excluding carboxylic acids is 2. The van der Waals surface area contributed by atoms with Crippen molar-refractivity contribution >= 4 is 33.6 Å². The second-order valence-electron chi connectivity index (χ2n) is 6.74. The first-order valence-electron chi connectivity index (χ1n) is 9.36. The van der Waals surface area contributed by atoms with Crippen molar-refractivity contribution in [3.8, 4) is 11.8 Å². The molecule has 0 spiro atoms. The van der Waals surface area contributed by atoms with Crippen LogP contribution >= 0.6 is 0 Å². The second kappa shape index (κ2) is 8.48. The summed E-state index contributed by atoms with van der Waals surface area (Å²) in [5, 5.41) is 16.0. The number of hydrogen-bond donors (Lipinski definition) is 1. The third-order valence-electron chi connectivity index (χ3n) is 4.54. The molecule has 1 amide bonds. The predicted octanol–water partition coefficient (Wildman–Crippen LogP) is 0.723. The molecule has 1 aromatic carbocycles. The lowest BCUT2D eigenvalue weighted by Crippen LogP contribution is -2.37. The number of aromatic nitrogens is 2. The normalized spacial score (nSPS) is 16.3. The Hall–Kier alpha value is -4.24. The molecule has 0 radical (unpaired) electrons. The number of rotatable bonds is 5. The van der Waals surface area contributed by atoms with Gasteiger partial charge in [0.1, 0.15) is 17.5 Å². The fourth-order valence-corrected chi connectivity index (χ4v) is 3.99. The lowest BCUT2D eigenvalue weighted by atomic mass is 10.2. The van der Waals surface area contributed by atoms with Gasteiger partial charge in [-0.3, -0.25) is 4.79 Å². The Kier molecular flexibility index (Phi) is 5.57. The van der Waals surface area contributed by atoms with Gasteiger partial charge >= 0.3 is 5.97 Å². The van der Waals surface area contributed by atoms with E-state index in [2.05, 4.69) is 14.8 Å². The monoisotopic (exact) mass is 452 g/mol. The van der Waals surface area contributed by atoms with E-state index in [1.807, 2.05) is 12.1 Å². The molecule has 1 aromatic heterocycles. The maximum Gasteiger partial charge on any atom is 0.340 e. The largest absolute Gasteiger partial charge is 0.452 e. The van der Waals surface area contributed by atoms with Crippen LogP contribution in [0.25, 0.3) is 5.69 Å². The van der Waals surface area contributed by atoms with E-state index in [0.29, 0.717) is 5.69 Å². The first-order valence-corrected chi connectivity index (χ1v) is 11.0. The van der Waals surface area contributed by atoms with Gasteiger partial charge in [-0.2, -0.15) is 10.4 Å². The Morgan fingerprint density at radius 1 is 1.22 bits per heavy atom. The lowest BCUT2D eigenvalue weighted by molar-refractivity contribution is -0.143. The summed E-state index contributed by atoms with van der Waals surface area (Å²) in [7, 11) is -3.50. The molecule has 32 heavy (non-hydrogen) atoms. The van der Waals surface area contributed by atoms with Crippen LogP contribution in [0.15, 0.2) is 64.9 Å². The zero-order valence-corrected chi connectivity index (χ0v) is 17.3. The van der Waals surface area contributed by atoms with Gasteiger partial charge < -0.3 is 15.0 Å². The summed E-state index contributed by atoms with van der Waals surface area (Å²) in [4.78, 5) is 26.2. The Morgan fingerprint density at radius 3 is 2.75 bits per heavy atom. The van der Waals surface area contributed by atoms with Crippen molar-refractivity contribution in [1.82, 2.24) is 14.7 Å². The van der Waals surface area contributed by atoms with E-state index in [4.69, 9.17) is 4.74 Å². The highest BCUT2D eigenvalue weighted by Gasteiger charge is 2.25. The molecule has 0 saturated heterocycles. The number of amidine groups is 1. The number of fused-ring (bicyclic) bond motifs is 1. The van der Waals surface area contributed by atoms with Crippen molar-refractivity contribution in [3.05, 3.63) is 66.0 Å². The first kappa shape index (κ1) is 21.0. The summed E-state index contributed by atoms with van der Waals surface area (Å²) in [6.45, 7) is -0.437. The molecule has 2 aliphatic rings. The predicted molar refractivity (Wildman–Crippen MR) is 113 cm³/mol. The van der Waals surface area contributed by atoms with Gasteiger partial charge in [0.05, 0.1) is 23.2 Å². The minimum absolute atomic E-state index is 0.142. The molecule has 11 nitrogen and oxygen atoms in total. The SMILES string of the molecule is N#Cc1cnn(-c2ccccc2)c1NC(=O)COC(=O)C1=CN2CCS(=O)(=O)N=C2C=C1. The van der Waals surface area contributed by atoms with E-state index in [0.717, 1.165) is 0 Å². The fraction of sp³-hybridized carbons (Fsp3) is 0.150. The van der Waals surface area contributed by atoms with Gasteiger partial charge in [0.25, 0.3) is 15.9 Å². The molecule has 3 heterocycles. The third-order valence-corrected chi connectivity index (χ3v) is 5.71. The third kappa shape index (κ3) is 4.42. The number of ether oxygens (including phenoxy) is 1. The maximum absolute atomic E-state index is 12.4. The van der Waals surface area contributed by atoms with Gasteiger partial charge in [0.15, 0.2) is 12.4 Å². The van der Waals surface area contributed by atoms with Crippen LogP contribution in [0, 0.1) is 11.3 Å². The van der Waals surface area contributed by atoms with Gasteiger partial charge in [0, 0.05) is 12.7 Å². The van der Waals surface area contributed by atoms with Crippen LogP contribution in [0.1, 0.15) is 5.56 Å². The van der Waals surface area contributed by atoms with Gasteiger partial charge in [-0.1, -0.05) is 18.2 Å². The van der Waals surface area contributed by atoms with Crippen LogP contribution < -0.4 is 5.32 Å². The van der Waals surface area contributed by atoms with Crippen LogP contribution in [0.3, 0.4) is 0 Å². The number of hydrogen-bond acceptors (Lipinski definition) is 8. The van der Waals surface area contributed by atoms with E-state index in [1.165, 1.54) is 34.1 Å². The Balaban J connectivity index is 1.41. The summed E-state index contributed by atoms with van der Waals surface area (Å²) in [5.41, 5.74) is 0.932. The minimum Gasteiger partial charge on any atom is -0.452 e. The molecule has 2 aliphatic heterocycles. The lowest BCUT2D eigenvalue weighted by Gasteiger charge is -2.26. The molecule has 1 N–H and O–H groups in total. The number of nitrogens with zero attached hydrogens (tertiary/aromatic N) is 5. The molecule has 2 aromatic rings. The van der Waals surface area contributed by atoms with E-state index in [1.54, 1.807) is 24.3 Å². The summed E-state index contributed by atoms with van der Waals surface area (Å²) in [6.07, 6.45) is 5.51. The van der Waals surface area contributed by atoms with Crippen molar-refractivity contribution in [2.24, 2.45) is 4.40 Å². The molecule has 12 heteroatoms. The molecule has 0 atom stereocenters. The minimum atomic E-state index is -3.50. The van der Waals surface area contributed by atoms with Gasteiger partial charge in [0.2, 0.25) is 0 Å². The number of anilines is 1. The van der Waals surface area contributed by atoms with Crippen molar-refractivity contribution in [2.75, 3.05) is 24.2 Å². The standard InChI is InChI=1S/C20H16N6O5S/c21-10-15-11-22-26(16-4-2-1-3-5-16)19(15)23-18(27)13-31-20(28)14-6-7-17-24-32(29,30)9-8-25(17)12-14/h1-7,11-12H,8-9,13H2,(H,23,27). The fourth-order valence-electron chi connectivity index (χ4n) is 3.02. The zero-order chi connectivity index (χ0) is 22.7. The number of para-hydroxylation sites is 1. The second-order valence-corrected chi connectivity index (χ2v) is 8.49. The van der Waals surface area contributed by atoms with Crippen LogP contribution in [-0.4, -0.2) is 59.7 Å². The van der Waals surface area contributed by atoms with E-state index >= 15 is 0 Å². The van der Waals surface area contributed by atoms with Crippen LogP contribution in [0.4, 0.5) is 5.82 Å². The highest BCUT2D eigenvalue weighted by molar-refractivity contribution is 7.90. The first-order chi connectivity index (χ1) is 15.4. The average Bonchev–Trinajstić information content (AvgIpc) is 3.19. The Morgan fingerprint density at radius 2 is 2.00 bits per heavy atom. The number of benzene rings is 1. The average molecular weight is 452 g/mol.